The van der Waals surface area contributed by atoms with Crippen LogP contribution in [0.4, 0.5) is 5.69 Å². The zero-order valence-corrected chi connectivity index (χ0v) is 18.8. The van der Waals surface area contributed by atoms with E-state index in [9.17, 15) is 4.79 Å². The molecule has 8 nitrogen and oxygen atoms in total. The topological polar surface area (TPSA) is 87.5 Å². The number of rotatable bonds is 7. The highest BCUT2D eigenvalue weighted by molar-refractivity contribution is 6.02. The second kappa shape index (κ2) is 9.44. The lowest BCUT2D eigenvalue weighted by atomic mass is 10.1. The van der Waals surface area contributed by atoms with Gasteiger partial charge in [-0.3, -0.25) is 4.79 Å². The fourth-order valence-electron chi connectivity index (χ4n) is 3.37. The Kier molecular flexibility index (Phi) is 6.26. The third-order valence-electron chi connectivity index (χ3n) is 5.06. The Morgan fingerprint density at radius 2 is 1.61 bits per heavy atom. The van der Waals surface area contributed by atoms with Crippen molar-refractivity contribution in [3.63, 3.8) is 0 Å². The Hall–Kier alpha value is -4.33. The van der Waals surface area contributed by atoms with E-state index >= 15 is 0 Å². The van der Waals surface area contributed by atoms with E-state index in [1.165, 1.54) is 7.11 Å². The summed E-state index contributed by atoms with van der Waals surface area (Å²) < 4.78 is 17.5. The lowest BCUT2D eigenvalue weighted by molar-refractivity contribution is 0.101. The number of nitrogens with one attached hydrogen (secondary N) is 1. The van der Waals surface area contributed by atoms with Crippen molar-refractivity contribution in [2.75, 3.05) is 26.6 Å². The molecular formula is C25H24N4O4. The lowest BCUT2D eigenvalue weighted by Crippen LogP contribution is -2.15. The van der Waals surface area contributed by atoms with E-state index in [0.717, 1.165) is 22.6 Å². The van der Waals surface area contributed by atoms with Crippen molar-refractivity contribution in [1.82, 2.24) is 14.8 Å². The summed E-state index contributed by atoms with van der Waals surface area (Å²) in [5.41, 5.74) is 3.12. The third-order valence-corrected chi connectivity index (χ3v) is 5.06. The van der Waals surface area contributed by atoms with Gasteiger partial charge in [0.15, 0.2) is 5.82 Å². The predicted octanol–water partition coefficient (Wildman–Crippen LogP) is 4.52. The number of aryl methyl sites for hydroxylation is 1. The van der Waals surface area contributed by atoms with Gasteiger partial charge in [-0.1, -0.05) is 23.8 Å². The second-order valence-corrected chi connectivity index (χ2v) is 7.26. The molecule has 4 rings (SSSR count). The van der Waals surface area contributed by atoms with Gasteiger partial charge in [0.2, 0.25) is 5.82 Å². The van der Waals surface area contributed by atoms with Crippen LogP contribution in [0.5, 0.6) is 17.2 Å². The summed E-state index contributed by atoms with van der Waals surface area (Å²) in [5.74, 6) is 1.90. The normalized spacial score (nSPS) is 10.5. The summed E-state index contributed by atoms with van der Waals surface area (Å²) in [6.45, 7) is 2.00. The first-order valence-corrected chi connectivity index (χ1v) is 10.2. The van der Waals surface area contributed by atoms with Crippen molar-refractivity contribution in [3.8, 4) is 34.3 Å². The van der Waals surface area contributed by atoms with Crippen molar-refractivity contribution in [1.29, 1.82) is 0 Å². The van der Waals surface area contributed by atoms with Gasteiger partial charge in [-0.2, -0.15) is 0 Å². The van der Waals surface area contributed by atoms with Crippen LogP contribution in [0.1, 0.15) is 16.2 Å². The van der Waals surface area contributed by atoms with E-state index in [4.69, 9.17) is 14.2 Å². The number of nitrogens with zero attached hydrogens (tertiary/aromatic N) is 3. The summed E-state index contributed by atoms with van der Waals surface area (Å²) in [7, 11) is 4.70. The molecule has 4 aromatic rings. The molecule has 8 heteroatoms. The van der Waals surface area contributed by atoms with Crippen LogP contribution in [0.3, 0.4) is 0 Å². The number of methoxy groups -OCH3 is 3. The molecule has 0 atom stereocenters. The van der Waals surface area contributed by atoms with Crippen LogP contribution in [-0.2, 0) is 0 Å². The smallest absolute Gasteiger partial charge is 0.295 e. The van der Waals surface area contributed by atoms with Gasteiger partial charge in [0, 0.05) is 11.6 Å². The molecule has 0 saturated heterocycles. The average molecular weight is 444 g/mol. The fourth-order valence-corrected chi connectivity index (χ4v) is 3.37. The number of carbonyl (C=O) groups excluding carboxylic acids is 1. The van der Waals surface area contributed by atoms with E-state index in [2.05, 4.69) is 15.4 Å². The quantitative estimate of drug-likeness (QED) is 0.451. The van der Waals surface area contributed by atoms with Crippen molar-refractivity contribution in [2.45, 2.75) is 6.92 Å². The summed E-state index contributed by atoms with van der Waals surface area (Å²) >= 11 is 0. The highest BCUT2D eigenvalue weighted by Crippen LogP contribution is 2.30. The van der Waals surface area contributed by atoms with Crippen LogP contribution in [0.15, 0.2) is 66.7 Å². The number of amides is 1. The van der Waals surface area contributed by atoms with Gasteiger partial charge in [-0.05, 0) is 49.4 Å². The molecule has 0 fully saturated rings. The van der Waals surface area contributed by atoms with Gasteiger partial charge in [-0.15, -0.1) is 5.10 Å². The Labute approximate surface area is 191 Å². The molecule has 0 aliphatic rings. The molecule has 0 unspecified atom stereocenters. The number of aromatic nitrogens is 3. The number of hydrogen-bond donors (Lipinski definition) is 1. The number of benzene rings is 3. The summed E-state index contributed by atoms with van der Waals surface area (Å²) in [4.78, 5) is 17.7. The average Bonchev–Trinajstić information content (AvgIpc) is 3.30. The maximum atomic E-state index is 13.1. The summed E-state index contributed by atoms with van der Waals surface area (Å²) in [5, 5.41) is 7.34. The van der Waals surface area contributed by atoms with Crippen LogP contribution in [0.2, 0.25) is 0 Å². The summed E-state index contributed by atoms with van der Waals surface area (Å²) in [6, 6.07) is 20.4. The predicted molar refractivity (Wildman–Crippen MR) is 126 cm³/mol. The first-order chi connectivity index (χ1) is 16.0. The summed E-state index contributed by atoms with van der Waals surface area (Å²) in [6.07, 6.45) is 0. The minimum atomic E-state index is -0.470. The monoisotopic (exact) mass is 444 g/mol. The van der Waals surface area contributed by atoms with Crippen molar-refractivity contribution in [2.24, 2.45) is 0 Å². The van der Waals surface area contributed by atoms with Gasteiger partial charge in [0.05, 0.1) is 32.7 Å². The molecule has 1 N–H and O–H groups in total. The number of anilines is 1. The highest BCUT2D eigenvalue weighted by Gasteiger charge is 2.20. The molecule has 0 saturated carbocycles. The zero-order valence-electron chi connectivity index (χ0n) is 18.8. The number of carbonyl (C=O) groups is 1. The largest absolute Gasteiger partial charge is 0.497 e. The zero-order chi connectivity index (χ0) is 23.4. The first kappa shape index (κ1) is 21.9. The minimum Gasteiger partial charge on any atom is -0.497 e. The van der Waals surface area contributed by atoms with Gasteiger partial charge in [0.1, 0.15) is 17.2 Å². The van der Waals surface area contributed by atoms with Crippen LogP contribution < -0.4 is 19.5 Å². The Morgan fingerprint density at radius 3 is 2.27 bits per heavy atom. The molecule has 168 valence electrons. The van der Waals surface area contributed by atoms with Gasteiger partial charge >= 0.3 is 0 Å². The third kappa shape index (κ3) is 4.64. The number of ether oxygens (including phenoxy) is 3. The number of hydrogen-bond acceptors (Lipinski definition) is 6. The first-order valence-electron chi connectivity index (χ1n) is 10.2. The molecular weight excluding hydrogens is 420 g/mol. The molecule has 0 spiro atoms. The van der Waals surface area contributed by atoms with Crippen LogP contribution in [-0.4, -0.2) is 42.0 Å². The Morgan fingerprint density at radius 1 is 0.879 bits per heavy atom. The molecule has 1 amide bonds. The van der Waals surface area contributed by atoms with Crippen molar-refractivity contribution < 1.29 is 19.0 Å². The highest BCUT2D eigenvalue weighted by atomic mass is 16.5. The van der Waals surface area contributed by atoms with E-state index in [-0.39, 0.29) is 5.82 Å². The van der Waals surface area contributed by atoms with Gasteiger partial charge in [0.25, 0.3) is 5.91 Å². The van der Waals surface area contributed by atoms with E-state index in [1.54, 1.807) is 37.1 Å². The molecule has 0 bridgehead atoms. The van der Waals surface area contributed by atoms with Crippen molar-refractivity contribution in [3.05, 3.63) is 78.1 Å². The molecule has 0 aliphatic heterocycles. The van der Waals surface area contributed by atoms with E-state index < -0.39 is 5.91 Å². The second-order valence-electron chi connectivity index (χ2n) is 7.26. The van der Waals surface area contributed by atoms with E-state index in [1.807, 2.05) is 55.5 Å². The standard InChI is InChI=1S/C25H24N4O4/c1-16-6-5-7-17(14-16)24-27-23(28-29(24)18-8-10-19(31-2)11-9-18)25(30)26-21-15-20(32-3)12-13-22(21)33-4/h5-15H,1-4H3,(H,26,30). The maximum absolute atomic E-state index is 13.1. The van der Waals surface area contributed by atoms with Gasteiger partial charge in [-0.25, -0.2) is 9.67 Å². The molecule has 1 heterocycles. The van der Waals surface area contributed by atoms with Crippen LogP contribution in [0.25, 0.3) is 17.1 Å². The molecule has 0 radical (unpaired) electrons. The van der Waals surface area contributed by atoms with Crippen molar-refractivity contribution >= 4 is 11.6 Å². The van der Waals surface area contributed by atoms with E-state index in [0.29, 0.717) is 23.0 Å². The maximum Gasteiger partial charge on any atom is 0.295 e. The Balaban J connectivity index is 1.75. The molecule has 3 aromatic carbocycles. The van der Waals surface area contributed by atoms with Crippen LogP contribution >= 0.6 is 0 Å². The SMILES string of the molecule is COc1ccc(-n2nc(C(=O)Nc3cc(OC)ccc3OC)nc2-c2cccc(C)c2)cc1. The molecule has 0 aliphatic carbocycles. The lowest BCUT2D eigenvalue weighted by Gasteiger charge is -2.10. The van der Waals surface area contributed by atoms with Gasteiger partial charge < -0.3 is 19.5 Å². The van der Waals surface area contributed by atoms with Crippen LogP contribution in [0, 0.1) is 6.92 Å². The molecule has 33 heavy (non-hydrogen) atoms. The fraction of sp³-hybridized carbons (Fsp3) is 0.160. The minimum absolute atomic E-state index is 0.0206. The molecule has 1 aromatic heterocycles. The Bertz CT molecular complexity index is 1280.